The number of aryl methyl sites for hydroxylation is 1. The van der Waals surface area contributed by atoms with E-state index in [-0.39, 0.29) is 5.91 Å². The lowest BCUT2D eigenvalue weighted by atomic mass is 10.2. The molecule has 21 heavy (non-hydrogen) atoms. The van der Waals surface area contributed by atoms with Gasteiger partial charge in [0, 0.05) is 30.5 Å². The number of halogens is 1. The lowest BCUT2D eigenvalue weighted by molar-refractivity contribution is 0.0950. The highest BCUT2D eigenvalue weighted by atomic mass is 79.9. The van der Waals surface area contributed by atoms with Gasteiger partial charge in [0.15, 0.2) is 0 Å². The van der Waals surface area contributed by atoms with E-state index in [1.54, 1.807) is 23.1 Å². The van der Waals surface area contributed by atoms with Crippen molar-refractivity contribution in [1.29, 1.82) is 0 Å². The van der Waals surface area contributed by atoms with Crippen molar-refractivity contribution in [3.05, 3.63) is 40.3 Å². The first-order chi connectivity index (χ1) is 10.1. The Hall–Kier alpha value is -1.89. The van der Waals surface area contributed by atoms with E-state index in [2.05, 4.69) is 43.6 Å². The van der Waals surface area contributed by atoms with Crippen LogP contribution in [0, 0.1) is 0 Å². The zero-order valence-corrected chi connectivity index (χ0v) is 13.6. The highest BCUT2D eigenvalue weighted by Gasteiger charge is 2.13. The van der Waals surface area contributed by atoms with Gasteiger partial charge in [-0.2, -0.15) is 5.10 Å². The van der Waals surface area contributed by atoms with Gasteiger partial charge < -0.3 is 10.6 Å². The Bertz CT molecular complexity index is 626. The Kier molecular flexibility index (Phi) is 5.32. The third-order valence-corrected chi connectivity index (χ3v) is 3.43. The molecule has 0 bridgehead atoms. The fourth-order valence-electron chi connectivity index (χ4n) is 1.84. The minimum atomic E-state index is -0.163. The molecular weight excluding hydrogens is 334 g/mol. The summed E-state index contributed by atoms with van der Waals surface area (Å²) in [6.45, 7) is 3.26. The second-order valence-corrected chi connectivity index (χ2v) is 5.52. The van der Waals surface area contributed by atoms with Crippen LogP contribution in [0.1, 0.15) is 29.4 Å². The second-order valence-electron chi connectivity index (χ2n) is 4.61. The summed E-state index contributed by atoms with van der Waals surface area (Å²) in [6, 6.07) is 3.64. The molecule has 0 aliphatic heterocycles. The van der Waals surface area contributed by atoms with E-state index >= 15 is 0 Å². The first kappa shape index (κ1) is 15.5. The van der Waals surface area contributed by atoms with Crippen molar-refractivity contribution >= 4 is 27.7 Å². The average Bonchev–Trinajstić information content (AvgIpc) is 2.88. The van der Waals surface area contributed by atoms with Crippen LogP contribution >= 0.6 is 15.9 Å². The molecule has 0 aromatic carbocycles. The highest BCUT2D eigenvalue weighted by molar-refractivity contribution is 9.10. The lowest BCUT2D eigenvalue weighted by Crippen LogP contribution is -2.25. The van der Waals surface area contributed by atoms with Crippen molar-refractivity contribution in [2.75, 3.05) is 11.9 Å². The molecule has 0 spiro atoms. The van der Waals surface area contributed by atoms with Gasteiger partial charge in [0.2, 0.25) is 0 Å². The molecule has 2 heterocycles. The van der Waals surface area contributed by atoms with Crippen LogP contribution in [0.15, 0.2) is 29.0 Å². The molecule has 0 saturated carbocycles. The van der Waals surface area contributed by atoms with Crippen LogP contribution < -0.4 is 10.6 Å². The quantitative estimate of drug-likeness (QED) is 0.837. The molecule has 7 heteroatoms. The van der Waals surface area contributed by atoms with Gasteiger partial charge >= 0.3 is 0 Å². The molecule has 1 amide bonds. The van der Waals surface area contributed by atoms with Crippen molar-refractivity contribution in [3.63, 3.8) is 0 Å². The van der Waals surface area contributed by atoms with Gasteiger partial charge in [0.05, 0.1) is 17.8 Å². The van der Waals surface area contributed by atoms with Crippen LogP contribution in [0.3, 0.4) is 0 Å². The van der Waals surface area contributed by atoms with Gasteiger partial charge in [0.1, 0.15) is 5.82 Å². The lowest BCUT2D eigenvalue weighted by Gasteiger charge is -2.11. The molecule has 0 unspecified atom stereocenters. The highest BCUT2D eigenvalue weighted by Crippen LogP contribution is 2.18. The summed E-state index contributed by atoms with van der Waals surface area (Å²) in [5.41, 5.74) is 1.47. The van der Waals surface area contributed by atoms with Crippen LogP contribution in [0.25, 0.3) is 0 Å². The van der Waals surface area contributed by atoms with Crippen molar-refractivity contribution in [1.82, 2.24) is 20.1 Å². The standard InChI is InChI=1S/C14H18BrN5O/c1-3-5-16-13-12(7-10(15)8-17-13)14(21)18-9-11-4-6-19-20(11)2/h4,6-8H,3,5,9H2,1-2H3,(H,16,17)(H,18,21). The van der Waals surface area contributed by atoms with E-state index in [1.165, 1.54) is 0 Å². The smallest absolute Gasteiger partial charge is 0.255 e. The number of nitrogens with zero attached hydrogens (tertiary/aromatic N) is 3. The maximum Gasteiger partial charge on any atom is 0.255 e. The molecule has 0 atom stereocenters. The van der Waals surface area contributed by atoms with Gasteiger partial charge in [-0.3, -0.25) is 9.48 Å². The summed E-state index contributed by atoms with van der Waals surface area (Å²) < 4.78 is 2.51. The normalized spacial score (nSPS) is 10.4. The number of anilines is 1. The van der Waals surface area contributed by atoms with E-state index in [0.717, 1.165) is 23.1 Å². The van der Waals surface area contributed by atoms with Gasteiger partial charge in [-0.1, -0.05) is 6.92 Å². The van der Waals surface area contributed by atoms with Crippen LogP contribution in [0.5, 0.6) is 0 Å². The molecule has 0 aliphatic rings. The van der Waals surface area contributed by atoms with E-state index in [9.17, 15) is 4.79 Å². The van der Waals surface area contributed by atoms with E-state index < -0.39 is 0 Å². The van der Waals surface area contributed by atoms with Gasteiger partial charge in [-0.25, -0.2) is 4.98 Å². The number of rotatable bonds is 6. The first-order valence-electron chi connectivity index (χ1n) is 6.76. The summed E-state index contributed by atoms with van der Waals surface area (Å²) in [4.78, 5) is 16.6. The fraction of sp³-hybridized carbons (Fsp3) is 0.357. The Morgan fingerprint density at radius 1 is 1.48 bits per heavy atom. The second kappa shape index (κ2) is 7.21. The third kappa shape index (κ3) is 4.04. The number of amides is 1. The molecule has 2 aromatic heterocycles. The van der Waals surface area contributed by atoms with Crippen LogP contribution in [-0.4, -0.2) is 27.2 Å². The Labute approximate surface area is 132 Å². The summed E-state index contributed by atoms with van der Waals surface area (Å²) >= 11 is 3.35. The van der Waals surface area contributed by atoms with Gasteiger partial charge in [-0.05, 0) is 34.5 Å². The average molecular weight is 352 g/mol. The number of carbonyl (C=O) groups is 1. The van der Waals surface area contributed by atoms with E-state index in [0.29, 0.717) is 17.9 Å². The topological polar surface area (TPSA) is 71.8 Å². The molecule has 0 fully saturated rings. The molecule has 112 valence electrons. The minimum Gasteiger partial charge on any atom is -0.369 e. The zero-order valence-electron chi connectivity index (χ0n) is 12.1. The predicted molar refractivity (Wildman–Crippen MR) is 85.1 cm³/mol. The molecule has 0 radical (unpaired) electrons. The van der Waals surface area contributed by atoms with Crippen molar-refractivity contribution in [2.24, 2.45) is 7.05 Å². The number of hydrogen-bond acceptors (Lipinski definition) is 4. The number of nitrogens with one attached hydrogen (secondary N) is 2. The first-order valence-corrected chi connectivity index (χ1v) is 7.55. The monoisotopic (exact) mass is 351 g/mol. The van der Waals surface area contributed by atoms with Crippen molar-refractivity contribution in [2.45, 2.75) is 19.9 Å². The summed E-state index contributed by atoms with van der Waals surface area (Å²) in [5.74, 6) is 0.436. The number of aromatic nitrogens is 3. The number of hydrogen-bond donors (Lipinski definition) is 2. The number of pyridine rings is 1. The Morgan fingerprint density at radius 2 is 2.29 bits per heavy atom. The molecule has 0 saturated heterocycles. The zero-order chi connectivity index (χ0) is 15.2. The Balaban J connectivity index is 2.10. The maximum absolute atomic E-state index is 12.3. The molecular formula is C14H18BrN5O. The van der Waals surface area contributed by atoms with E-state index in [4.69, 9.17) is 0 Å². The SMILES string of the molecule is CCCNc1ncc(Br)cc1C(=O)NCc1ccnn1C. The summed E-state index contributed by atoms with van der Waals surface area (Å²) in [6.07, 6.45) is 4.35. The molecule has 6 nitrogen and oxygen atoms in total. The van der Waals surface area contributed by atoms with Crippen molar-refractivity contribution < 1.29 is 4.79 Å². The Morgan fingerprint density at radius 3 is 2.95 bits per heavy atom. The minimum absolute atomic E-state index is 0.163. The molecule has 2 rings (SSSR count). The predicted octanol–water partition coefficient (Wildman–Crippen LogP) is 2.33. The number of carbonyl (C=O) groups excluding carboxylic acids is 1. The largest absolute Gasteiger partial charge is 0.369 e. The third-order valence-electron chi connectivity index (χ3n) is 2.99. The van der Waals surface area contributed by atoms with Crippen LogP contribution in [0.2, 0.25) is 0 Å². The summed E-state index contributed by atoms with van der Waals surface area (Å²) in [5, 5.41) is 10.1. The molecule has 2 N–H and O–H groups in total. The van der Waals surface area contributed by atoms with Crippen molar-refractivity contribution in [3.8, 4) is 0 Å². The van der Waals surface area contributed by atoms with Crippen LogP contribution in [0.4, 0.5) is 5.82 Å². The molecule has 2 aromatic rings. The van der Waals surface area contributed by atoms with E-state index in [1.807, 2.05) is 13.1 Å². The maximum atomic E-state index is 12.3. The van der Waals surface area contributed by atoms with Gasteiger partial charge in [-0.15, -0.1) is 0 Å². The van der Waals surface area contributed by atoms with Gasteiger partial charge in [0.25, 0.3) is 5.91 Å². The fourth-order valence-corrected chi connectivity index (χ4v) is 2.17. The summed E-state index contributed by atoms with van der Waals surface area (Å²) in [7, 11) is 1.84. The van der Waals surface area contributed by atoms with Crippen LogP contribution in [-0.2, 0) is 13.6 Å². The molecule has 0 aliphatic carbocycles.